The molecule has 20 heavy (non-hydrogen) atoms. The average molecular weight is 280 g/mol. The second-order valence-electron chi connectivity index (χ2n) is 7.44. The molecule has 0 spiro atoms. The summed E-state index contributed by atoms with van der Waals surface area (Å²) in [6.45, 7) is 7.46. The minimum Gasteiger partial charge on any atom is -0.300 e. The molecule has 2 aliphatic rings. The van der Waals surface area contributed by atoms with Crippen LogP contribution in [-0.4, -0.2) is 24.0 Å². The molecule has 0 unspecified atom stereocenters. The molecule has 2 rings (SSSR count). The van der Waals surface area contributed by atoms with Gasteiger partial charge in [0.15, 0.2) is 0 Å². The van der Waals surface area contributed by atoms with Crippen molar-refractivity contribution in [1.29, 1.82) is 0 Å². The standard InChI is InChI=1S/C19H37N/c1-3-5-7-17-9-11-19(12-10-17)20-15-13-18(14-16-20)8-6-4-2/h17-19H,3-16H2,1-2H3/t17-,19-. The monoisotopic (exact) mass is 279 g/mol. The fourth-order valence-corrected chi connectivity index (χ4v) is 4.39. The molecule has 0 aromatic carbocycles. The van der Waals surface area contributed by atoms with Gasteiger partial charge in [-0.2, -0.15) is 0 Å². The molecule has 0 atom stereocenters. The zero-order valence-electron chi connectivity index (χ0n) is 14.1. The van der Waals surface area contributed by atoms with E-state index < -0.39 is 0 Å². The average Bonchev–Trinajstić information content (AvgIpc) is 2.52. The second-order valence-corrected chi connectivity index (χ2v) is 7.44. The van der Waals surface area contributed by atoms with Gasteiger partial charge in [-0.05, 0) is 63.5 Å². The van der Waals surface area contributed by atoms with Gasteiger partial charge in [0.2, 0.25) is 0 Å². The fraction of sp³-hybridized carbons (Fsp3) is 1.00. The van der Waals surface area contributed by atoms with Crippen LogP contribution >= 0.6 is 0 Å². The summed E-state index contributed by atoms with van der Waals surface area (Å²) in [5.74, 6) is 2.11. The van der Waals surface area contributed by atoms with Crippen LogP contribution in [0.25, 0.3) is 0 Å². The Kier molecular flexibility index (Phi) is 7.41. The summed E-state index contributed by atoms with van der Waals surface area (Å²) in [4.78, 5) is 2.85. The highest BCUT2D eigenvalue weighted by Gasteiger charge is 2.28. The van der Waals surface area contributed by atoms with Gasteiger partial charge in [0.1, 0.15) is 0 Å². The third kappa shape index (κ3) is 5.06. The van der Waals surface area contributed by atoms with Crippen molar-refractivity contribution in [3.05, 3.63) is 0 Å². The van der Waals surface area contributed by atoms with Crippen molar-refractivity contribution >= 4 is 0 Å². The van der Waals surface area contributed by atoms with Crippen molar-refractivity contribution in [2.24, 2.45) is 11.8 Å². The Hall–Kier alpha value is -0.0400. The first kappa shape index (κ1) is 16.3. The highest BCUT2D eigenvalue weighted by molar-refractivity contribution is 4.83. The van der Waals surface area contributed by atoms with E-state index in [-0.39, 0.29) is 0 Å². The maximum atomic E-state index is 2.85. The number of hydrogen-bond acceptors (Lipinski definition) is 1. The van der Waals surface area contributed by atoms with Gasteiger partial charge in [-0.1, -0.05) is 52.4 Å². The smallest absolute Gasteiger partial charge is 0.00954 e. The molecule has 2 fully saturated rings. The Balaban J connectivity index is 1.63. The molecule has 0 bridgehead atoms. The van der Waals surface area contributed by atoms with Gasteiger partial charge >= 0.3 is 0 Å². The van der Waals surface area contributed by atoms with Crippen LogP contribution in [0.4, 0.5) is 0 Å². The lowest BCUT2D eigenvalue weighted by Gasteiger charge is -2.41. The van der Waals surface area contributed by atoms with Gasteiger partial charge in [0, 0.05) is 6.04 Å². The third-order valence-corrected chi connectivity index (χ3v) is 5.91. The van der Waals surface area contributed by atoms with Crippen LogP contribution in [0.15, 0.2) is 0 Å². The van der Waals surface area contributed by atoms with Crippen LogP contribution in [0.3, 0.4) is 0 Å². The zero-order valence-corrected chi connectivity index (χ0v) is 14.1. The molecule has 118 valence electrons. The molecule has 1 heterocycles. The molecule has 1 saturated heterocycles. The summed E-state index contributed by atoms with van der Waals surface area (Å²) in [6, 6.07) is 0.944. The normalized spacial score (nSPS) is 29.7. The van der Waals surface area contributed by atoms with Crippen LogP contribution in [0, 0.1) is 11.8 Å². The predicted octanol–water partition coefficient (Wildman–Crippen LogP) is 5.64. The van der Waals surface area contributed by atoms with Gasteiger partial charge in [0.05, 0.1) is 0 Å². The molecule has 0 amide bonds. The third-order valence-electron chi connectivity index (χ3n) is 5.91. The van der Waals surface area contributed by atoms with Gasteiger partial charge in [-0.15, -0.1) is 0 Å². The molecule has 1 nitrogen and oxygen atoms in total. The van der Waals surface area contributed by atoms with Crippen LogP contribution in [0.5, 0.6) is 0 Å². The van der Waals surface area contributed by atoms with E-state index >= 15 is 0 Å². The van der Waals surface area contributed by atoms with E-state index in [0.717, 1.165) is 17.9 Å². The fourth-order valence-electron chi connectivity index (χ4n) is 4.39. The quantitative estimate of drug-likeness (QED) is 0.583. The van der Waals surface area contributed by atoms with Gasteiger partial charge in [0.25, 0.3) is 0 Å². The first-order chi connectivity index (χ1) is 9.83. The molecule has 0 aromatic heterocycles. The first-order valence-corrected chi connectivity index (χ1v) is 9.57. The lowest BCUT2D eigenvalue weighted by atomic mass is 9.81. The lowest BCUT2D eigenvalue weighted by molar-refractivity contribution is 0.0902. The molecule has 0 aromatic rings. The molecular weight excluding hydrogens is 242 g/mol. The number of rotatable bonds is 7. The van der Waals surface area contributed by atoms with Crippen molar-refractivity contribution in [3.8, 4) is 0 Å². The molecule has 1 saturated carbocycles. The van der Waals surface area contributed by atoms with Crippen molar-refractivity contribution in [1.82, 2.24) is 4.90 Å². The summed E-state index contributed by atoms with van der Waals surface area (Å²) in [7, 11) is 0. The van der Waals surface area contributed by atoms with E-state index in [1.54, 1.807) is 0 Å². The summed E-state index contributed by atoms with van der Waals surface area (Å²) in [6.07, 6.45) is 17.6. The molecule has 0 N–H and O–H groups in total. The van der Waals surface area contributed by atoms with Crippen LogP contribution in [-0.2, 0) is 0 Å². The topological polar surface area (TPSA) is 3.24 Å². The number of unbranched alkanes of at least 4 members (excludes halogenated alkanes) is 2. The van der Waals surface area contributed by atoms with Crippen molar-refractivity contribution in [3.63, 3.8) is 0 Å². The van der Waals surface area contributed by atoms with E-state index in [1.165, 1.54) is 90.1 Å². The van der Waals surface area contributed by atoms with Crippen LogP contribution in [0.2, 0.25) is 0 Å². The summed E-state index contributed by atoms with van der Waals surface area (Å²) >= 11 is 0. The van der Waals surface area contributed by atoms with E-state index in [2.05, 4.69) is 18.7 Å². The summed E-state index contributed by atoms with van der Waals surface area (Å²) < 4.78 is 0. The van der Waals surface area contributed by atoms with Crippen molar-refractivity contribution in [2.75, 3.05) is 13.1 Å². The summed E-state index contributed by atoms with van der Waals surface area (Å²) in [5, 5.41) is 0. The minimum absolute atomic E-state index is 0.944. The van der Waals surface area contributed by atoms with Gasteiger partial charge in [-0.3, -0.25) is 0 Å². The molecule has 0 radical (unpaired) electrons. The zero-order chi connectivity index (χ0) is 14.2. The SMILES string of the molecule is CCCCC1CCN([C@H]2CC[C@H](CCCC)CC2)CC1. The van der Waals surface area contributed by atoms with Crippen molar-refractivity contribution < 1.29 is 0 Å². The van der Waals surface area contributed by atoms with E-state index in [4.69, 9.17) is 0 Å². The molecule has 1 aliphatic carbocycles. The number of nitrogens with zero attached hydrogens (tertiary/aromatic N) is 1. The van der Waals surface area contributed by atoms with Crippen LogP contribution < -0.4 is 0 Å². The molecular formula is C19H37N. The van der Waals surface area contributed by atoms with E-state index in [9.17, 15) is 0 Å². The lowest BCUT2D eigenvalue weighted by Crippen LogP contribution is -2.43. The highest BCUT2D eigenvalue weighted by atomic mass is 15.2. The Bertz CT molecular complexity index is 208. The number of hydrogen-bond donors (Lipinski definition) is 0. The predicted molar refractivity (Wildman–Crippen MR) is 89.1 cm³/mol. The van der Waals surface area contributed by atoms with Crippen LogP contribution in [0.1, 0.15) is 90.9 Å². The van der Waals surface area contributed by atoms with E-state index in [0.29, 0.717) is 0 Å². The highest BCUT2D eigenvalue weighted by Crippen LogP contribution is 2.33. The maximum absolute atomic E-state index is 2.85. The molecule has 1 heteroatoms. The number of likely N-dealkylation sites (tertiary alicyclic amines) is 1. The Labute approximate surface area is 127 Å². The van der Waals surface area contributed by atoms with Gasteiger partial charge in [-0.25, -0.2) is 0 Å². The Morgan fingerprint density at radius 1 is 0.700 bits per heavy atom. The Morgan fingerprint density at radius 2 is 1.20 bits per heavy atom. The first-order valence-electron chi connectivity index (χ1n) is 9.57. The van der Waals surface area contributed by atoms with Gasteiger partial charge < -0.3 is 4.90 Å². The number of piperidine rings is 1. The maximum Gasteiger partial charge on any atom is 0.00954 e. The minimum atomic E-state index is 0.944. The largest absolute Gasteiger partial charge is 0.300 e. The Morgan fingerprint density at radius 3 is 1.70 bits per heavy atom. The van der Waals surface area contributed by atoms with Crippen molar-refractivity contribution in [2.45, 2.75) is 96.9 Å². The molecule has 1 aliphatic heterocycles. The summed E-state index contributed by atoms with van der Waals surface area (Å²) in [5.41, 5.74) is 0. The van der Waals surface area contributed by atoms with E-state index in [1.807, 2.05) is 0 Å². The second kappa shape index (κ2) is 9.07.